The molecular weight excluding hydrogens is 298 g/mol. The number of methoxy groups -OCH3 is 2. The van der Waals surface area contributed by atoms with Crippen LogP contribution in [0.4, 0.5) is 0 Å². The Kier molecular flexibility index (Phi) is 5.32. The van der Waals surface area contributed by atoms with E-state index in [1.54, 1.807) is 20.4 Å². The van der Waals surface area contributed by atoms with Gasteiger partial charge in [-0.15, -0.1) is 0 Å². The van der Waals surface area contributed by atoms with Gasteiger partial charge in [0.25, 0.3) is 0 Å². The lowest BCUT2D eigenvalue weighted by Crippen LogP contribution is -2.23. The van der Waals surface area contributed by atoms with E-state index in [2.05, 4.69) is 10.5 Å². The summed E-state index contributed by atoms with van der Waals surface area (Å²) < 4.78 is 10.6. The molecule has 0 atom stereocenters. The largest absolute Gasteiger partial charge is 0.493 e. The van der Waals surface area contributed by atoms with Gasteiger partial charge in [0.05, 0.1) is 20.4 Å². The van der Waals surface area contributed by atoms with Crippen LogP contribution < -0.4 is 20.6 Å². The predicted octanol–water partition coefficient (Wildman–Crippen LogP) is 2.54. The summed E-state index contributed by atoms with van der Waals surface area (Å²) in [6.45, 7) is 0. The molecule has 0 bridgehead atoms. The van der Waals surface area contributed by atoms with Crippen molar-refractivity contribution in [3.63, 3.8) is 0 Å². The van der Waals surface area contributed by atoms with Crippen LogP contribution >= 0.6 is 12.2 Å². The Morgan fingerprint density at radius 2 is 1.82 bits per heavy atom. The van der Waals surface area contributed by atoms with E-state index in [-0.39, 0.29) is 5.11 Å². The molecule has 0 fully saturated rings. The molecule has 0 heterocycles. The maximum atomic E-state index is 5.33. The minimum Gasteiger partial charge on any atom is -0.493 e. The summed E-state index contributed by atoms with van der Waals surface area (Å²) in [7, 11) is 3.23. The van der Waals surface area contributed by atoms with Crippen molar-refractivity contribution < 1.29 is 9.47 Å². The fraction of sp³-hybridized carbons (Fsp3) is 0.125. The molecule has 0 aliphatic heterocycles. The quantitative estimate of drug-likeness (QED) is 0.504. The Morgan fingerprint density at radius 3 is 2.50 bits per heavy atom. The maximum absolute atomic E-state index is 5.33. The van der Waals surface area contributed by atoms with E-state index in [1.165, 1.54) is 0 Å². The highest BCUT2D eigenvalue weighted by Gasteiger charge is 2.06. The number of benzene rings is 2. The van der Waals surface area contributed by atoms with Gasteiger partial charge in [0.15, 0.2) is 16.6 Å². The van der Waals surface area contributed by atoms with Gasteiger partial charge in [-0.1, -0.05) is 24.3 Å². The molecular formula is C16H17N3O2S. The zero-order chi connectivity index (χ0) is 15.9. The van der Waals surface area contributed by atoms with Crippen molar-refractivity contribution in [1.29, 1.82) is 0 Å². The molecule has 22 heavy (non-hydrogen) atoms. The summed E-state index contributed by atoms with van der Waals surface area (Å²) >= 11 is 4.69. The molecule has 0 spiro atoms. The fourth-order valence-electron chi connectivity index (χ4n) is 1.98. The number of hydrogen-bond acceptors (Lipinski definition) is 4. The van der Waals surface area contributed by atoms with Gasteiger partial charge in [-0.3, -0.25) is 5.43 Å². The van der Waals surface area contributed by atoms with Crippen LogP contribution in [0.1, 0.15) is 5.56 Å². The Morgan fingerprint density at radius 1 is 1.09 bits per heavy atom. The fourth-order valence-corrected chi connectivity index (χ4v) is 2.04. The average molecular weight is 315 g/mol. The normalized spacial score (nSPS) is 10.5. The smallest absolute Gasteiger partial charge is 0.184 e. The second-order valence-electron chi connectivity index (χ2n) is 4.43. The van der Waals surface area contributed by atoms with Gasteiger partial charge in [0.2, 0.25) is 0 Å². The van der Waals surface area contributed by atoms with Crippen LogP contribution in [0.15, 0.2) is 47.6 Å². The summed E-state index contributed by atoms with van der Waals surface area (Å²) in [5.74, 6) is 1.39. The zero-order valence-corrected chi connectivity index (χ0v) is 13.2. The average Bonchev–Trinajstić information content (AvgIpc) is 2.54. The summed E-state index contributed by atoms with van der Waals surface area (Å²) in [4.78, 5) is 0. The molecule has 2 aromatic carbocycles. The van der Waals surface area contributed by atoms with Gasteiger partial charge < -0.3 is 15.2 Å². The van der Waals surface area contributed by atoms with Crippen LogP contribution in [0.3, 0.4) is 0 Å². The first-order valence-corrected chi connectivity index (χ1v) is 6.96. The highest BCUT2D eigenvalue weighted by molar-refractivity contribution is 7.80. The third-order valence-electron chi connectivity index (χ3n) is 2.99. The van der Waals surface area contributed by atoms with Crippen molar-refractivity contribution in [3.8, 4) is 22.6 Å². The summed E-state index contributed by atoms with van der Waals surface area (Å²) in [6.07, 6.45) is 1.66. The highest BCUT2D eigenvalue weighted by Crippen LogP contribution is 2.32. The lowest BCUT2D eigenvalue weighted by Gasteiger charge is -2.10. The number of hydrogen-bond donors (Lipinski definition) is 2. The molecule has 0 saturated carbocycles. The van der Waals surface area contributed by atoms with Crippen LogP contribution in [-0.2, 0) is 0 Å². The summed E-state index contributed by atoms with van der Waals surface area (Å²) in [5, 5.41) is 4.08. The predicted molar refractivity (Wildman–Crippen MR) is 92.5 cm³/mol. The van der Waals surface area contributed by atoms with Gasteiger partial charge >= 0.3 is 0 Å². The van der Waals surface area contributed by atoms with Gasteiger partial charge in [-0.05, 0) is 47.1 Å². The first-order chi connectivity index (χ1) is 10.6. The van der Waals surface area contributed by atoms with Crippen molar-refractivity contribution >= 4 is 23.5 Å². The van der Waals surface area contributed by atoms with E-state index in [1.807, 2.05) is 42.5 Å². The highest BCUT2D eigenvalue weighted by atomic mass is 32.1. The van der Waals surface area contributed by atoms with E-state index in [4.69, 9.17) is 27.4 Å². The van der Waals surface area contributed by atoms with Crippen molar-refractivity contribution in [3.05, 3.63) is 48.0 Å². The summed E-state index contributed by atoms with van der Waals surface area (Å²) in [5.41, 5.74) is 10.8. The Bertz CT molecular complexity index is 702. The van der Waals surface area contributed by atoms with E-state index >= 15 is 0 Å². The van der Waals surface area contributed by atoms with Gasteiger partial charge in [0, 0.05) is 0 Å². The first kappa shape index (κ1) is 15.8. The van der Waals surface area contributed by atoms with Gasteiger partial charge in [0.1, 0.15) is 0 Å². The Labute approximate surface area is 134 Å². The molecule has 0 radical (unpaired) electrons. The zero-order valence-electron chi connectivity index (χ0n) is 12.4. The third-order valence-corrected chi connectivity index (χ3v) is 3.08. The number of ether oxygens (including phenoxy) is 2. The van der Waals surface area contributed by atoms with Crippen LogP contribution in [0.5, 0.6) is 11.5 Å². The molecule has 0 amide bonds. The van der Waals surface area contributed by atoms with Crippen LogP contribution in [-0.4, -0.2) is 25.5 Å². The number of rotatable bonds is 5. The third kappa shape index (κ3) is 3.95. The monoisotopic (exact) mass is 315 g/mol. The first-order valence-electron chi connectivity index (χ1n) is 6.55. The van der Waals surface area contributed by atoms with Crippen molar-refractivity contribution in [2.24, 2.45) is 10.8 Å². The number of nitrogens with two attached hydrogens (primary N) is 1. The Hall–Kier alpha value is -2.60. The number of thiocarbonyl (C=S) groups is 1. The van der Waals surface area contributed by atoms with E-state index in [9.17, 15) is 0 Å². The van der Waals surface area contributed by atoms with E-state index in [0.29, 0.717) is 11.5 Å². The molecule has 2 rings (SSSR count). The van der Waals surface area contributed by atoms with E-state index in [0.717, 1.165) is 16.7 Å². The van der Waals surface area contributed by atoms with Gasteiger partial charge in [-0.2, -0.15) is 5.10 Å². The SMILES string of the molecule is COc1ccc(-c2cccc(/C=N/NC(N)=S)c2)cc1OC. The topological polar surface area (TPSA) is 68.9 Å². The second kappa shape index (κ2) is 7.42. The van der Waals surface area contributed by atoms with Gasteiger partial charge in [-0.25, -0.2) is 0 Å². The van der Waals surface area contributed by atoms with Crippen LogP contribution in [0.2, 0.25) is 0 Å². The molecule has 3 N–H and O–H groups in total. The molecule has 0 saturated heterocycles. The molecule has 0 aliphatic carbocycles. The standard InChI is InChI=1S/C16H17N3O2S/c1-20-14-7-6-13(9-15(14)21-2)12-5-3-4-11(8-12)10-18-19-16(17)22/h3-10H,1-2H3,(H3,17,19,22)/b18-10+. The Balaban J connectivity index is 2.29. The second-order valence-corrected chi connectivity index (χ2v) is 4.87. The maximum Gasteiger partial charge on any atom is 0.184 e. The van der Waals surface area contributed by atoms with Crippen LogP contribution in [0.25, 0.3) is 11.1 Å². The lowest BCUT2D eigenvalue weighted by molar-refractivity contribution is 0.355. The lowest BCUT2D eigenvalue weighted by atomic mass is 10.0. The molecule has 2 aromatic rings. The number of nitrogens with one attached hydrogen (secondary N) is 1. The molecule has 5 nitrogen and oxygen atoms in total. The molecule has 0 aromatic heterocycles. The number of nitrogens with zero attached hydrogens (tertiary/aromatic N) is 1. The number of hydrazone groups is 1. The molecule has 0 aliphatic rings. The minimum absolute atomic E-state index is 0.132. The molecule has 6 heteroatoms. The van der Waals surface area contributed by atoms with Crippen molar-refractivity contribution in [1.82, 2.24) is 5.43 Å². The van der Waals surface area contributed by atoms with E-state index < -0.39 is 0 Å². The summed E-state index contributed by atoms with van der Waals surface area (Å²) in [6, 6.07) is 13.7. The van der Waals surface area contributed by atoms with Crippen LogP contribution in [0, 0.1) is 0 Å². The van der Waals surface area contributed by atoms with Crippen molar-refractivity contribution in [2.45, 2.75) is 0 Å². The molecule has 114 valence electrons. The molecule has 0 unspecified atom stereocenters. The van der Waals surface area contributed by atoms with Crippen molar-refractivity contribution in [2.75, 3.05) is 14.2 Å². The minimum atomic E-state index is 0.132.